The fraction of sp³-hybridized carbons (Fsp3) is 0.500. The van der Waals surface area contributed by atoms with Crippen molar-refractivity contribution in [3.63, 3.8) is 0 Å². The van der Waals surface area contributed by atoms with E-state index in [9.17, 15) is 4.79 Å². The van der Waals surface area contributed by atoms with Gasteiger partial charge >= 0.3 is 12.0 Å². The monoisotopic (exact) mass is 185 g/mol. The highest BCUT2D eigenvalue weighted by Crippen LogP contribution is 2.04. The number of anilines is 2. The molecule has 7 nitrogen and oxygen atoms in total. The molecule has 0 radical (unpaired) electrons. The smallest absolute Gasteiger partial charge is 0.317 e. The van der Waals surface area contributed by atoms with E-state index in [0.717, 1.165) is 0 Å². The van der Waals surface area contributed by atoms with E-state index in [1.807, 2.05) is 0 Å². The van der Waals surface area contributed by atoms with E-state index in [1.165, 1.54) is 4.90 Å². The lowest BCUT2D eigenvalue weighted by atomic mass is 10.5. The lowest BCUT2D eigenvalue weighted by Crippen LogP contribution is -2.28. The van der Waals surface area contributed by atoms with E-state index in [2.05, 4.69) is 15.5 Å². The number of rotatable bonds is 3. The zero-order valence-corrected chi connectivity index (χ0v) is 7.44. The van der Waals surface area contributed by atoms with E-state index >= 15 is 0 Å². The van der Waals surface area contributed by atoms with Crippen molar-refractivity contribution in [2.45, 2.75) is 0 Å². The molecule has 0 aliphatic heterocycles. The van der Waals surface area contributed by atoms with Crippen LogP contribution in [0.3, 0.4) is 0 Å². The molecule has 0 aromatic carbocycles. The number of amides is 1. The third kappa shape index (κ3) is 2.62. The van der Waals surface area contributed by atoms with Crippen LogP contribution >= 0.6 is 0 Å². The van der Waals surface area contributed by atoms with Gasteiger partial charge in [0.05, 0.1) is 6.54 Å². The molecule has 0 atom stereocenters. The maximum atomic E-state index is 11.1. The van der Waals surface area contributed by atoms with Crippen molar-refractivity contribution < 1.29 is 9.21 Å². The van der Waals surface area contributed by atoms with Crippen molar-refractivity contribution in [1.82, 2.24) is 15.1 Å². The molecule has 0 unspecified atom stereocenters. The summed E-state index contributed by atoms with van der Waals surface area (Å²) in [6, 6.07) is 0.118. The topological polar surface area (TPSA) is 97.3 Å². The van der Waals surface area contributed by atoms with Gasteiger partial charge < -0.3 is 20.4 Å². The van der Waals surface area contributed by atoms with Crippen molar-refractivity contribution in [1.29, 1.82) is 0 Å². The number of carbonyl (C=O) groups is 1. The molecule has 1 amide bonds. The van der Waals surface area contributed by atoms with Crippen LogP contribution in [-0.2, 0) is 4.79 Å². The zero-order valence-electron chi connectivity index (χ0n) is 7.44. The number of nitrogens with two attached hydrogens (primary N) is 1. The second kappa shape index (κ2) is 3.74. The minimum absolute atomic E-state index is 0.0280. The van der Waals surface area contributed by atoms with Gasteiger partial charge in [0.1, 0.15) is 0 Å². The summed E-state index contributed by atoms with van der Waals surface area (Å²) in [6.07, 6.45) is 0. The second-order valence-corrected chi connectivity index (χ2v) is 2.59. The number of likely N-dealkylation sites (N-methyl/N-ethyl adjacent to an activating group) is 1. The standard InChI is InChI=1S/C6H11N5O2/c1-11(2)4(12)3-8-6-10-9-5(7)13-6/h3H2,1-2H3,(H2,7,9)(H,8,10). The van der Waals surface area contributed by atoms with Gasteiger partial charge in [-0.05, 0) is 0 Å². The van der Waals surface area contributed by atoms with Crippen molar-refractivity contribution in [2.24, 2.45) is 0 Å². The highest BCUT2D eigenvalue weighted by atomic mass is 16.4. The largest absolute Gasteiger partial charge is 0.390 e. The summed E-state index contributed by atoms with van der Waals surface area (Å²) in [5.74, 6) is -0.0863. The summed E-state index contributed by atoms with van der Waals surface area (Å²) in [6.45, 7) is 0.106. The van der Waals surface area contributed by atoms with Gasteiger partial charge in [-0.3, -0.25) is 4.79 Å². The van der Waals surface area contributed by atoms with Gasteiger partial charge in [-0.1, -0.05) is 10.2 Å². The van der Waals surface area contributed by atoms with Crippen LogP contribution in [0.2, 0.25) is 0 Å². The maximum Gasteiger partial charge on any atom is 0.317 e. The van der Waals surface area contributed by atoms with Crippen LogP contribution in [0.15, 0.2) is 4.42 Å². The van der Waals surface area contributed by atoms with Crippen LogP contribution in [0.25, 0.3) is 0 Å². The van der Waals surface area contributed by atoms with Gasteiger partial charge in [0.2, 0.25) is 5.91 Å². The number of nitrogens with zero attached hydrogens (tertiary/aromatic N) is 3. The Balaban J connectivity index is 2.39. The summed E-state index contributed by atoms with van der Waals surface area (Å²) >= 11 is 0. The molecule has 0 saturated heterocycles. The summed E-state index contributed by atoms with van der Waals surface area (Å²) in [4.78, 5) is 12.5. The number of hydrogen-bond acceptors (Lipinski definition) is 6. The Morgan fingerprint density at radius 2 is 2.31 bits per heavy atom. The Morgan fingerprint density at radius 1 is 1.62 bits per heavy atom. The van der Waals surface area contributed by atoms with Crippen molar-refractivity contribution in [2.75, 3.05) is 31.7 Å². The molecule has 3 N–H and O–H groups in total. The Bertz CT molecular complexity index is 295. The molecule has 0 aliphatic rings. The molecule has 13 heavy (non-hydrogen) atoms. The molecule has 1 heterocycles. The quantitative estimate of drug-likeness (QED) is 0.636. The fourth-order valence-corrected chi connectivity index (χ4v) is 0.615. The molecule has 0 fully saturated rings. The first kappa shape index (κ1) is 9.30. The summed E-state index contributed by atoms with van der Waals surface area (Å²) in [5, 5.41) is 9.57. The Hall–Kier alpha value is -1.79. The average molecular weight is 185 g/mol. The molecule has 1 aromatic rings. The Kier molecular flexibility index (Phi) is 2.68. The highest BCUT2D eigenvalue weighted by Gasteiger charge is 2.06. The summed E-state index contributed by atoms with van der Waals surface area (Å²) in [7, 11) is 3.32. The number of nitrogens with one attached hydrogen (secondary N) is 1. The van der Waals surface area contributed by atoms with Crippen LogP contribution < -0.4 is 11.1 Å². The molecule has 0 saturated carbocycles. The van der Waals surface area contributed by atoms with Crippen molar-refractivity contribution in [3.05, 3.63) is 0 Å². The van der Waals surface area contributed by atoms with E-state index in [1.54, 1.807) is 14.1 Å². The average Bonchev–Trinajstić information content (AvgIpc) is 2.47. The minimum atomic E-state index is -0.0863. The van der Waals surface area contributed by atoms with E-state index < -0.39 is 0 Å². The minimum Gasteiger partial charge on any atom is -0.390 e. The van der Waals surface area contributed by atoms with Crippen molar-refractivity contribution >= 4 is 17.9 Å². The second-order valence-electron chi connectivity index (χ2n) is 2.59. The first-order chi connectivity index (χ1) is 6.09. The number of carbonyl (C=O) groups excluding carboxylic acids is 1. The molecule has 7 heteroatoms. The van der Waals surface area contributed by atoms with Gasteiger partial charge in [0.25, 0.3) is 0 Å². The van der Waals surface area contributed by atoms with Crippen LogP contribution in [0.1, 0.15) is 0 Å². The molecule has 0 spiro atoms. The predicted molar refractivity (Wildman–Crippen MR) is 45.9 cm³/mol. The summed E-state index contributed by atoms with van der Waals surface area (Å²) in [5.41, 5.74) is 5.17. The van der Waals surface area contributed by atoms with E-state index in [0.29, 0.717) is 0 Å². The normalized spacial score (nSPS) is 9.69. The van der Waals surface area contributed by atoms with E-state index in [-0.39, 0.29) is 24.5 Å². The van der Waals surface area contributed by atoms with Crippen LogP contribution in [-0.4, -0.2) is 41.6 Å². The van der Waals surface area contributed by atoms with E-state index in [4.69, 9.17) is 10.2 Å². The molecule has 0 bridgehead atoms. The number of hydrogen-bond donors (Lipinski definition) is 2. The molecule has 0 aliphatic carbocycles. The lowest BCUT2D eigenvalue weighted by Gasteiger charge is -2.09. The number of aromatic nitrogens is 2. The molecular formula is C6H11N5O2. The molecule has 1 aromatic heterocycles. The molecule has 72 valence electrons. The van der Waals surface area contributed by atoms with Gasteiger partial charge in [-0.15, -0.1) is 0 Å². The first-order valence-electron chi connectivity index (χ1n) is 3.62. The van der Waals surface area contributed by atoms with Gasteiger partial charge in [-0.2, -0.15) is 0 Å². The molecular weight excluding hydrogens is 174 g/mol. The third-order valence-electron chi connectivity index (χ3n) is 1.33. The van der Waals surface area contributed by atoms with Crippen LogP contribution in [0, 0.1) is 0 Å². The SMILES string of the molecule is CN(C)C(=O)CNc1nnc(N)o1. The first-order valence-corrected chi connectivity index (χ1v) is 3.62. The Morgan fingerprint density at radius 3 is 2.77 bits per heavy atom. The predicted octanol–water partition coefficient (Wildman–Crippen LogP) is -0.848. The maximum absolute atomic E-state index is 11.1. The number of nitrogen functional groups attached to an aromatic ring is 1. The van der Waals surface area contributed by atoms with Gasteiger partial charge in [-0.25, -0.2) is 0 Å². The zero-order chi connectivity index (χ0) is 9.84. The van der Waals surface area contributed by atoms with Gasteiger partial charge in [0, 0.05) is 14.1 Å². The van der Waals surface area contributed by atoms with Gasteiger partial charge in [0.15, 0.2) is 0 Å². The Labute approximate surface area is 74.9 Å². The third-order valence-corrected chi connectivity index (χ3v) is 1.33. The van der Waals surface area contributed by atoms with Crippen LogP contribution in [0.4, 0.5) is 12.0 Å². The summed E-state index contributed by atoms with van der Waals surface area (Å²) < 4.78 is 4.79. The fourth-order valence-electron chi connectivity index (χ4n) is 0.615. The molecule has 1 rings (SSSR count). The lowest BCUT2D eigenvalue weighted by molar-refractivity contribution is -0.126. The highest BCUT2D eigenvalue weighted by molar-refractivity contribution is 5.79. The van der Waals surface area contributed by atoms with Crippen LogP contribution in [0.5, 0.6) is 0 Å². The van der Waals surface area contributed by atoms with Crippen molar-refractivity contribution in [3.8, 4) is 0 Å².